The van der Waals surface area contributed by atoms with Crippen molar-refractivity contribution in [2.24, 2.45) is 0 Å². The molecule has 1 saturated heterocycles. The van der Waals surface area contributed by atoms with Gasteiger partial charge in [-0.1, -0.05) is 42.5 Å². The lowest BCUT2D eigenvalue weighted by Crippen LogP contribution is -2.26. The van der Waals surface area contributed by atoms with Crippen molar-refractivity contribution in [3.63, 3.8) is 0 Å². The number of nitrogens with zero attached hydrogens (tertiary/aromatic N) is 1. The van der Waals surface area contributed by atoms with Crippen molar-refractivity contribution in [3.05, 3.63) is 71.5 Å². The van der Waals surface area contributed by atoms with Crippen LogP contribution >= 0.6 is 0 Å². The van der Waals surface area contributed by atoms with Gasteiger partial charge in [-0.2, -0.15) is 8.42 Å². The van der Waals surface area contributed by atoms with Gasteiger partial charge in [0.05, 0.1) is 0 Å². The average Bonchev–Trinajstić information content (AvgIpc) is 2.93. The topological polar surface area (TPSA) is 37.4 Å². The lowest BCUT2D eigenvalue weighted by atomic mass is 9.98. The van der Waals surface area contributed by atoms with Crippen molar-refractivity contribution in [1.29, 1.82) is 0 Å². The zero-order valence-corrected chi connectivity index (χ0v) is 13.2. The fourth-order valence-electron chi connectivity index (χ4n) is 3.14. The second kappa shape index (κ2) is 6.37. The van der Waals surface area contributed by atoms with Crippen LogP contribution in [0.15, 0.2) is 54.6 Å². The number of halogens is 2. The molecule has 0 N–H and O–H groups in total. The summed E-state index contributed by atoms with van der Waals surface area (Å²) < 4.78 is 49.8. The number of rotatable bonds is 4. The number of hydrogen-bond donors (Lipinski definition) is 0. The molecule has 1 aliphatic rings. The number of likely N-dealkylation sites (tertiary alicyclic amines) is 1. The van der Waals surface area contributed by atoms with E-state index in [2.05, 4.69) is 0 Å². The van der Waals surface area contributed by atoms with Gasteiger partial charge in [0, 0.05) is 25.6 Å². The lowest BCUT2D eigenvalue weighted by Gasteiger charge is -2.16. The Hall–Kier alpha value is -1.79. The normalized spacial score (nSPS) is 22.3. The van der Waals surface area contributed by atoms with E-state index < -0.39 is 27.2 Å². The van der Waals surface area contributed by atoms with Crippen molar-refractivity contribution in [1.82, 2.24) is 4.90 Å². The van der Waals surface area contributed by atoms with E-state index in [4.69, 9.17) is 0 Å². The molecule has 0 unspecified atom stereocenters. The molecule has 2 aromatic carbocycles. The molecule has 1 heterocycles. The van der Waals surface area contributed by atoms with E-state index in [0.717, 1.165) is 5.56 Å². The molecule has 0 bridgehead atoms. The van der Waals surface area contributed by atoms with Gasteiger partial charge in [-0.25, -0.2) is 4.39 Å². The molecule has 2 aromatic rings. The smallest absolute Gasteiger partial charge is 0.297 e. The molecule has 6 heteroatoms. The Morgan fingerprint density at radius 3 is 2.26 bits per heavy atom. The third-order valence-electron chi connectivity index (χ3n) is 4.25. The van der Waals surface area contributed by atoms with Crippen LogP contribution in [-0.2, 0) is 16.8 Å². The Labute approximate surface area is 134 Å². The summed E-state index contributed by atoms with van der Waals surface area (Å²) in [7, 11) is -4.67. The molecule has 3 rings (SSSR count). The first-order valence-electron chi connectivity index (χ1n) is 7.39. The van der Waals surface area contributed by atoms with E-state index in [0.29, 0.717) is 18.7 Å². The van der Waals surface area contributed by atoms with Gasteiger partial charge in [-0.15, -0.1) is 3.89 Å². The Morgan fingerprint density at radius 2 is 1.65 bits per heavy atom. The van der Waals surface area contributed by atoms with E-state index in [1.54, 1.807) is 0 Å². The maximum Gasteiger partial charge on any atom is 0.307 e. The summed E-state index contributed by atoms with van der Waals surface area (Å²) in [5, 5.41) is -1.11. The highest BCUT2D eigenvalue weighted by molar-refractivity contribution is 7.87. The van der Waals surface area contributed by atoms with Gasteiger partial charge < -0.3 is 0 Å². The standard InChI is InChI=1S/C17H17F2NO2S/c18-15-8-6-14(7-9-15)16-11-20(12-17(16)23(19,21)22)10-13-4-2-1-3-5-13/h1-9,16-17H,10-12H2/t16-,17-/m0/s1. The first-order chi connectivity index (χ1) is 10.9. The molecular formula is C17H17F2NO2S. The van der Waals surface area contributed by atoms with Crippen LogP contribution < -0.4 is 0 Å². The second-order valence-electron chi connectivity index (χ2n) is 5.85. The quantitative estimate of drug-likeness (QED) is 0.805. The highest BCUT2D eigenvalue weighted by Gasteiger charge is 2.42. The summed E-state index contributed by atoms with van der Waals surface area (Å²) in [5.41, 5.74) is 1.69. The average molecular weight is 337 g/mol. The maximum atomic E-state index is 13.7. The van der Waals surface area contributed by atoms with Crippen LogP contribution in [0.25, 0.3) is 0 Å². The van der Waals surface area contributed by atoms with Gasteiger partial charge in [0.15, 0.2) is 0 Å². The Balaban J connectivity index is 1.84. The zero-order valence-electron chi connectivity index (χ0n) is 12.4. The van der Waals surface area contributed by atoms with Crippen LogP contribution in [0, 0.1) is 5.82 Å². The first kappa shape index (κ1) is 16.1. The van der Waals surface area contributed by atoms with Crippen molar-refractivity contribution in [2.75, 3.05) is 13.1 Å². The summed E-state index contributed by atoms with van der Waals surface area (Å²) in [5.74, 6) is -0.887. The molecule has 0 radical (unpaired) electrons. The monoisotopic (exact) mass is 337 g/mol. The highest BCUT2D eigenvalue weighted by atomic mass is 32.3. The molecular weight excluding hydrogens is 320 g/mol. The van der Waals surface area contributed by atoms with Crippen LogP contribution in [0.1, 0.15) is 17.0 Å². The number of hydrogen-bond acceptors (Lipinski definition) is 3. The van der Waals surface area contributed by atoms with Crippen LogP contribution in [0.2, 0.25) is 0 Å². The third-order valence-corrected chi connectivity index (χ3v) is 5.45. The summed E-state index contributed by atoms with van der Waals surface area (Å²) in [6.07, 6.45) is 0. The molecule has 0 aliphatic carbocycles. The summed E-state index contributed by atoms with van der Waals surface area (Å²) in [4.78, 5) is 1.92. The minimum Gasteiger partial charge on any atom is -0.297 e. The molecule has 1 aliphatic heterocycles. The van der Waals surface area contributed by atoms with Gasteiger partial charge in [-0.3, -0.25) is 4.90 Å². The molecule has 0 spiro atoms. The van der Waals surface area contributed by atoms with Crippen molar-refractivity contribution in [2.45, 2.75) is 17.7 Å². The highest BCUT2D eigenvalue weighted by Crippen LogP contribution is 2.33. The van der Waals surface area contributed by atoms with E-state index in [-0.39, 0.29) is 6.54 Å². The van der Waals surface area contributed by atoms with Gasteiger partial charge in [-0.05, 0) is 23.3 Å². The van der Waals surface area contributed by atoms with Gasteiger partial charge >= 0.3 is 10.2 Å². The molecule has 1 fully saturated rings. The SMILES string of the molecule is O=S(=O)(F)[C@H]1CN(Cc2ccccc2)C[C@H]1c1ccc(F)cc1. The summed E-state index contributed by atoms with van der Waals surface area (Å²) >= 11 is 0. The van der Waals surface area contributed by atoms with Crippen LogP contribution in [-0.4, -0.2) is 31.7 Å². The largest absolute Gasteiger partial charge is 0.307 e. The maximum absolute atomic E-state index is 13.7. The summed E-state index contributed by atoms with van der Waals surface area (Å²) in [6.45, 7) is 1.12. The van der Waals surface area contributed by atoms with Crippen LogP contribution in [0.3, 0.4) is 0 Å². The third kappa shape index (κ3) is 3.76. The minimum atomic E-state index is -4.67. The predicted octanol–water partition coefficient (Wildman–Crippen LogP) is 3.09. The molecule has 122 valence electrons. The lowest BCUT2D eigenvalue weighted by molar-refractivity contribution is 0.326. The van der Waals surface area contributed by atoms with Gasteiger partial charge in [0.2, 0.25) is 0 Å². The van der Waals surface area contributed by atoms with E-state index >= 15 is 0 Å². The number of benzene rings is 2. The van der Waals surface area contributed by atoms with E-state index in [1.165, 1.54) is 24.3 Å². The Morgan fingerprint density at radius 1 is 1.00 bits per heavy atom. The van der Waals surface area contributed by atoms with Crippen LogP contribution in [0.4, 0.5) is 8.28 Å². The van der Waals surface area contributed by atoms with E-state index in [1.807, 2.05) is 35.2 Å². The zero-order chi connectivity index (χ0) is 16.4. The molecule has 2 atom stereocenters. The van der Waals surface area contributed by atoms with Crippen molar-refractivity contribution in [3.8, 4) is 0 Å². The van der Waals surface area contributed by atoms with E-state index in [9.17, 15) is 16.7 Å². The fourth-order valence-corrected chi connectivity index (χ4v) is 4.16. The minimum absolute atomic E-state index is 0.135. The summed E-state index contributed by atoms with van der Waals surface area (Å²) in [6, 6.07) is 15.2. The van der Waals surface area contributed by atoms with Gasteiger partial charge in [0.25, 0.3) is 0 Å². The molecule has 0 amide bonds. The molecule has 0 aromatic heterocycles. The molecule has 3 nitrogen and oxygen atoms in total. The predicted molar refractivity (Wildman–Crippen MR) is 84.7 cm³/mol. The van der Waals surface area contributed by atoms with Gasteiger partial charge in [0.1, 0.15) is 11.1 Å². The Bertz CT molecular complexity index is 763. The van der Waals surface area contributed by atoms with Crippen LogP contribution in [0.5, 0.6) is 0 Å². The van der Waals surface area contributed by atoms with Crippen molar-refractivity contribution < 1.29 is 16.7 Å². The molecule has 0 saturated carbocycles. The second-order valence-corrected chi connectivity index (χ2v) is 7.41. The fraction of sp³-hybridized carbons (Fsp3) is 0.294. The molecule has 23 heavy (non-hydrogen) atoms. The Kier molecular flexibility index (Phi) is 4.46. The van der Waals surface area contributed by atoms with Crippen molar-refractivity contribution >= 4 is 10.2 Å². The first-order valence-corrected chi connectivity index (χ1v) is 8.83.